The second-order valence-electron chi connectivity index (χ2n) is 6.50. The number of carbonyl (C=O) groups is 2. The molecule has 5 nitrogen and oxygen atoms in total. The number of nitrogens with zero attached hydrogens (tertiary/aromatic N) is 1. The first-order valence-electron chi connectivity index (χ1n) is 8.82. The van der Waals surface area contributed by atoms with E-state index in [1.54, 1.807) is 24.3 Å². The monoisotopic (exact) mass is 353 g/mol. The summed E-state index contributed by atoms with van der Waals surface area (Å²) in [4.78, 5) is 26.2. The Hall–Kier alpha value is -2.66. The molecule has 1 aliphatic rings. The van der Waals surface area contributed by atoms with E-state index in [0.29, 0.717) is 17.9 Å². The summed E-state index contributed by atoms with van der Waals surface area (Å²) in [6.07, 6.45) is 1.82. The lowest BCUT2D eigenvalue weighted by Gasteiger charge is -2.31. The smallest absolute Gasteiger partial charge is 0.337 e. The fraction of sp³-hybridized carbons (Fsp3) is 0.333. The summed E-state index contributed by atoms with van der Waals surface area (Å²) < 4.78 is 10.2. The minimum absolute atomic E-state index is 0.132. The number of ether oxygens (including phenoxy) is 2. The summed E-state index contributed by atoms with van der Waals surface area (Å²) in [6.45, 7) is 2.54. The van der Waals surface area contributed by atoms with Crippen LogP contribution in [0, 0.1) is 5.92 Å². The maximum atomic E-state index is 12.5. The van der Waals surface area contributed by atoms with Gasteiger partial charge in [-0.15, -0.1) is 0 Å². The first kappa shape index (κ1) is 18.1. The molecule has 26 heavy (non-hydrogen) atoms. The first-order valence-corrected chi connectivity index (χ1v) is 8.82. The predicted octanol–water partition coefficient (Wildman–Crippen LogP) is 3.29. The van der Waals surface area contributed by atoms with Gasteiger partial charge in [-0.3, -0.25) is 9.69 Å². The van der Waals surface area contributed by atoms with Gasteiger partial charge in [-0.25, -0.2) is 4.79 Å². The fourth-order valence-corrected chi connectivity index (χ4v) is 3.21. The summed E-state index contributed by atoms with van der Waals surface area (Å²) in [5.74, 6) is -0.309. The van der Waals surface area contributed by atoms with Crippen molar-refractivity contribution >= 4 is 11.9 Å². The third-order valence-corrected chi connectivity index (χ3v) is 4.58. The number of likely N-dealkylation sites (tertiary alicyclic amines) is 1. The predicted molar refractivity (Wildman–Crippen MR) is 97.9 cm³/mol. The number of rotatable bonds is 5. The molecule has 1 fully saturated rings. The van der Waals surface area contributed by atoms with Crippen LogP contribution in [0.4, 0.5) is 0 Å². The number of carbonyl (C=O) groups excluding carboxylic acids is 2. The quantitative estimate of drug-likeness (QED) is 0.610. The van der Waals surface area contributed by atoms with Gasteiger partial charge in [-0.05, 0) is 49.2 Å². The second-order valence-corrected chi connectivity index (χ2v) is 6.50. The second kappa shape index (κ2) is 8.63. The van der Waals surface area contributed by atoms with Gasteiger partial charge in [-0.1, -0.05) is 30.3 Å². The molecular formula is C21H23NO4. The van der Waals surface area contributed by atoms with Gasteiger partial charge in [0.2, 0.25) is 0 Å². The van der Waals surface area contributed by atoms with Gasteiger partial charge >= 0.3 is 11.9 Å². The number of methoxy groups -OCH3 is 1. The lowest BCUT2D eigenvalue weighted by atomic mass is 9.97. The molecule has 3 rings (SSSR count). The first-order chi connectivity index (χ1) is 12.7. The highest BCUT2D eigenvalue weighted by atomic mass is 16.5. The molecule has 0 bridgehead atoms. The van der Waals surface area contributed by atoms with Gasteiger partial charge in [0.05, 0.1) is 18.6 Å². The Morgan fingerprint density at radius 3 is 2.50 bits per heavy atom. The molecule has 1 atom stereocenters. The SMILES string of the molecule is COC(=O)c1ccc(OC(=O)C2CCCN(Cc3ccccc3)C2)cc1. The molecule has 136 valence electrons. The van der Waals surface area contributed by atoms with E-state index in [2.05, 4.69) is 21.8 Å². The number of hydrogen-bond donors (Lipinski definition) is 0. The molecule has 1 unspecified atom stereocenters. The van der Waals surface area contributed by atoms with Crippen molar-refractivity contribution in [3.05, 3.63) is 65.7 Å². The van der Waals surface area contributed by atoms with E-state index in [4.69, 9.17) is 4.74 Å². The number of piperidine rings is 1. The lowest BCUT2D eigenvalue weighted by molar-refractivity contribution is -0.140. The summed E-state index contributed by atoms with van der Waals surface area (Å²) in [6, 6.07) is 16.7. The summed E-state index contributed by atoms with van der Waals surface area (Å²) in [5.41, 5.74) is 1.68. The van der Waals surface area contributed by atoms with Crippen molar-refractivity contribution in [1.82, 2.24) is 4.90 Å². The van der Waals surface area contributed by atoms with Crippen LogP contribution in [0.15, 0.2) is 54.6 Å². The molecule has 2 aromatic carbocycles. The van der Waals surface area contributed by atoms with Crippen LogP contribution in [-0.4, -0.2) is 37.0 Å². The fourth-order valence-electron chi connectivity index (χ4n) is 3.21. The van der Waals surface area contributed by atoms with E-state index in [9.17, 15) is 9.59 Å². The zero-order valence-electron chi connectivity index (χ0n) is 14.9. The van der Waals surface area contributed by atoms with Gasteiger partial charge in [0, 0.05) is 13.1 Å². The molecule has 0 spiro atoms. The Bertz CT molecular complexity index is 742. The number of hydrogen-bond acceptors (Lipinski definition) is 5. The van der Waals surface area contributed by atoms with Crippen molar-refractivity contribution in [3.8, 4) is 5.75 Å². The molecule has 5 heteroatoms. The minimum Gasteiger partial charge on any atom is -0.465 e. The summed E-state index contributed by atoms with van der Waals surface area (Å²) in [7, 11) is 1.33. The largest absolute Gasteiger partial charge is 0.465 e. The Balaban J connectivity index is 1.56. The highest BCUT2D eigenvalue weighted by Crippen LogP contribution is 2.22. The van der Waals surface area contributed by atoms with E-state index in [1.165, 1.54) is 12.7 Å². The zero-order chi connectivity index (χ0) is 18.4. The lowest BCUT2D eigenvalue weighted by Crippen LogP contribution is -2.39. The highest BCUT2D eigenvalue weighted by Gasteiger charge is 2.27. The Morgan fingerprint density at radius 1 is 1.08 bits per heavy atom. The molecule has 1 saturated heterocycles. The van der Waals surface area contributed by atoms with Crippen LogP contribution in [0.2, 0.25) is 0 Å². The number of benzene rings is 2. The molecule has 1 aliphatic heterocycles. The minimum atomic E-state index is -0.410. The van der Waals surface area contributed by atoms with Crippen molar-refractivity contribution in [2.75, 3.05) is 20.2 Å². The normalized spacial score (nSPS) is 17.5. The van der Waals surface area contributed by atoms with E-state index in [-0.39, 0.29) is 11.9 Å². The van der Waals surface area contributed by atoms with Gasteiger partial charge in [0.25, 0.3) is 0 Å². The topological polar surface area (TPSA) is 55.8 Å². The van der Waals surface area contributed by atoms with Gasteiger partial charge in [-0.2, -0.15) is 0 Å². The van der Waals surface area contributed by atoms with Crippen molar-refractivity contribution in [2.24, 2.45) is 5.92 Å². The molecule has 0 amide bonds. The van der Waals surface area contributed by atoms with Crippen LogP contribution in [0.1, 0.15) is 28.8 Å². The standard InChI is InChI=1S/C21H23NO4/c1-25-20(23)17-9-11-19(12-10-17)26-21(24)18-8-5-13-22(15-18)14-16-6-3-2-4-7-16/h2-4,6-7,9-12,18H,5,8,13-15H2,1H3. The molecule has 1 heterocycles. The van der Waals surface area contributed by atoms with Crippen molar-refractivity contribution in [3.63, 3.8) is 0 Å². The molecule has 0 aromatic heterocycles. The zero-order valence-corrected chi connectivity index (χ0v) is 14.9. The van der Waals surface area contributed by atoms with E-state index >= 15 is 0 Å². The van der Waals surface area contributed by atoms with Crippen LogP contribution in [0.3, 0.4) is 0 Å². The average Bonchev–Trinajstić information content (AvgIpc) is 2.69. The molecule has 0 saturated carbocycles. The van der Waals surface area contributed by atoms with Crippen LogP contribution in [0.25, 0.3) is 0 Å². The molecule has 0 N–H and O–H groups in total. The van der Waals surface area contributed by atoms with E-state index in [0.717, 1.165) is 25.9 Å². The van der Waals surface area contributed by atoms with Crippen molar-refractivity contribution in [1.29, 1.82) is 0 Å². The van der Waals surface area contributed by atoms with E-state index < -0.39 is 5.97 Å². The van der Waals surface area contributed by atoms with Crippen LogP contribution >= 0.6 is 0 Å². The molecule has 0 radical (unpaired) electrons. The molecule has 0 aliphatic carbocycles. The molecular weight excluding hydrogens is 330 g/mol. The average molecular weight is 353 g/mol. The van der Waals surface area contributed by atoms with E-state index in [1.807, 2.05) is 18.2 Å². The Kier molecular flexibility index (Phi) is 6.02. The van der Waals surface area contributed by atoms with Crippen molar-refractivity contribution < 1.29 is 19.1 Å². The van der Waals surface area contributed by atoms with Crippen molar-refractivity contribution in [2.45, 2.75) is 19.4 Å². The van der Waals surface area contributed by atoms with Crippen LogP contribution in [0.5, 0.6) is 5.75 Å². The summed E-state index contributed by atoms with van der Waals surface area (Å²) in [5, 5.41) is 0. The van der Waals surface area contributed by atoms with Crippen LogP contribution < -0.4 is 4.74 Å². The highest BCUT2D eigenvalue weighted by molar-refractivity contribution is 5.89. The van der Waals surface area contributed by atoms with Gasteiger partial charge < -0.3 is 9.47 Å². The maximum absolute atomic E-state index is 12.5. The third kappa shape index (κ3) is 4.70. The third-order valence-electron chi connectivity index (χ3n) is 4.58. The maximum Gasteiger partial charge on any atom is 0.337 e. The van der Waals surface area contributed by atoms with Crippen LogP contribution in [-0.2, 0) is 16.1 Å². The Labute approximate surface area is 153 Å². The van der Waals surface area contributed by atoms with Gasteiger partial charge in [0.1, 0.15) is 5.75 Å². The Morgan fingerprint density at radius 2 is 1.81 bits per heavy atom. The van der Waals surface area contributed by atoms with Gasteiger partial charge in [0.15, 0.2) is 0 Å². The summed E-state index contributed by atoms with van der Waals surface area (Å²) >= 11 is 0. The number of esters is 2. The molecule has 2 aromatic rings.